The summed E-state index contributed by atoms with van der Waals surface area (Å²) in [5.74, 6) is -0.652. The zero-order chi connectivity index (χ0) is 15.5. The van der Waals surface area contributed by atoms with Gasteiger partial charge in [-0.3, -0.25) is 0 Å². The van der Waals surface area contributed by atoms with Gasteiger partial charge in [-0.1, -0.05) is 41.9 Å². The number of rotatable bonds is 4. The minimum atomic E-state index is -4.00. The standard InChI is InChI=1S/C14H12ClNO4S/c15-12-7-6-11(8-13(12)21(16,18)19)14(17)20-9-10-4-2-1-3-5-10/h1-8H,9H2,(H2,16,18,19). The lowest BCUT2D eigenvalue weighted by atomic mass is 10.2. The Morgan fingerprint density at radius 1 is 1.14 bits per heavy atom. The molecular formula is C14H12ClNO4S. The Labute approximate surface area is 127 Å². The fourth-order valence-electron chi connectivity index (χ4n) is 1.65. The van der Waals surface area contributed by atoms with Gasteiger partial charge in [0, 0.05) is 0 Å². The fourth-order valence-corrected chi connectivity index (χ4v) is 2.73. The maximum absolute atomic E-state index is 11.9. The fraction of sp³-hybridized carbons (Fsp3) is 0.0714. The monoisotopic (exact) mass is 325 g/mol. The number of hydrogen-bond donors (Lipinski definition) is 1. The quantitative estimate of drug-likeness (QED) is 0.874. The summed E-state index contributed by atoms with van der Waals surface area (Å²) in [7, 11) is -4.00. The van der Waals surface area contributed by atoms with E-state index < -0.39 is 16.0 Å². The molecule has 2 aromatic carbocycles. The van der Waals surface area contributed by atoms with Crippen molar-refractivity contribution in [2.75, 3.05) is 0 Å². The summed E-state index contributed by atoms with van der Waals surface area (Å²) in [4.78, 5) is 11.6. The average molecular weight is 326 g/mol. The molecule has 21 heavy (non-hydrogen) atoms. The van der Waals surface area contributed by atoms with Crippen LogP contribution < -0.4 is 5.14 Å². The highest BCUT2D eigenvalue weighted by atomic mass is 35.5. The minimum Gasteiger partial charge on any atom is -0.457 e. The van der Waals surface area contributed by atoms with Crippen LogP contribution in [0.4, 0.5) is 0 Å². The van der Waals surface area contributed by atoms with Crippen LogP contribution >= 0.6 is 11.6 Å². The van der Waals surface area contributed by atoms with Crippen LogP contribution in [-0.2, 0) is 21.4 Å². The van der Waals surface area contributed by atoms with E-state index in [1.807, 2.05) is 30.3 Å². The van der Waals surface area contributed by atoms with Crippen molar-refractivity contribution in [3.8, 4) is 0 Å². The first-order valence-electron chi connectivity index (χ1n) is 5.91. The van der Waals surface area contributed by atoms with Gasteiger partial charge in [0.05, 0.1) is 10.6 Å². The molecule has 0 bridgehead atoms. The molecule has 0 unspecified atom stereocenters. The first kappa shape index (κ1) is 15.5. The molecular weight excluding hydrogens is 314 g/mol. The molecule has 2 aromatic rings. The number of hydrogen-bond acceptors (Lipinski definition) is 4. The van der Waals surface area contributed by atoms with Crippen LogP contribution in [0, 0.1) is 0 Å². The summed E-state index contributed by atoms with van der Waals surface area (Å²) < 4.78 is 27.8. The molecule has 0 atom stereocenters. The second kappa shape index (κ2) is 6.26. The predicted molar refractivity (Wildman–Crippen MR) is 78.4 cm³/mol. The normalized spacial score (nSPS) is 11.1. The van der Waals surface area contributed by atoms with Crippen molar-refractivity contribution in [2.45, 2.75) is 11.5 Å². The Balaban J connectivity index is 2.17. The maximum atomic E-state index is 11.9. The van der Waals surface area contributed by atoms with E-state index in [1.54, 1.807) is 0 Å². The largest absolute Gasteiger partial charge is 0.457 e. The first-order valence-corrected chi connectivity index (χ1v) is 7.84. The molecule has 0 saturated carbocycles. The number of benzene rings is 2. The third-order valence-corrected chi connectivity index (χ3v) is 4.08. The molecule has 0 aliphatic rings. The highest BCUT2D eigenvalue weighted by molar-refractivity contribution is 7.89. The van der Waals surface area contributed by atoms with Crippen LogP contribution in [0.15, 0.2) is 53.4 Å². The molecule has 0 aromatic heterocycles. The van der Waals surface area contributed by atoms with Gasteiger partial charge in [-0.15, -0.1) is 0 Å². The van der Waals surface area contributed by atoms with Crippen molar-refractivity contribution in [2.24, 2.45) is 5.14 Å². The van der Waals surface area contributed by atoms with Gasteiger partial charge in [0.2, 0.25) is 10.0 Å². The van der Waals surface area contributed by atoms with Crippen LogP contribution in [0.25, 0.3) is 0 Å². The number of carbonyl (C=O) groups excluding carboxylic acids is 1. The molecule has 110 valence electrons. The second-order valence-corrected chi connectivity index (χ2v) is 6.19. The summed E-state index contributed by atoms with van der Waals surface area (Å²) in [6.07, 6.45) is 0. The number of esters is 1. The molecule has 0 heterocycles. The first-order chi connectivity index (χ1) is 9.88. The topological polar surface area (TPSA) is 86.5 Å². The highest BCUT2D eigenvalue weighted by Gasteiger charge is 2.17. The predicted octanol–water partition coefficient (Wildman–Crippen LogP) is 2.34. The molecule has 7 heteroatoms. The van der Waals surface area contributed by atoms with Gasteiger partial charge in [-0.05, 0) is 23.8 Å². The van der Waals surface area contributed by atoms with Gasteiger partial charge in [0.15, 0.2) is 0 Å². The van der Waals surface area contributed by atoms with E-state index >= 15 is 0 Å². The van der Waals surface area contributed by atoms with E-state index in [9.17, 15) is 13.2 Å². The summed E-state index contributed by atoms with van der Waals surface area (Å²) in [6.45, 7) is 0.0903. The van der Waals surface area contributed by atoms with Crippen molar-refractivity contribution in [3.05, 3.63) is 64.7 Å². The number of carbonyl (C=O) groups is 1. The van der Waals surface area contributed by atoms with Crippen LogP contribution in [0.2, 0.25) is 5.02 Å². The molecule has 0 saturated heterocycles. The summed E-state index contributed by atoms with van der Waals surface area (Å²) >= 11 is 5.75. The molecule has 2 N–H and O–H groups in total. The lowest BCUT2D eigenvalue weighted by molar-refractivity contribution is 0.0472. The lowest BCUT2D eigenvalue weighted by Crippen LogP contribution is -2.14. The van der Waals surface area contributed by atoms with E-state index in [0.717, 1.165) is 11.6 Å². The third kappa shape index (κ3) is 4.04. The lowest BCUT2D eigenvalue weighted by Gasteiger charge is -2.07. The van der Waals surface area contributed by atoms with Crippen LogP contribution in [0.5, 0.6) is 0 Å². The van der Waals surface area contributed by atoms with Crippen molar-refractivity contribution in [1.82, 2.24) is 0 Å². The van der Waals surface area contributed by atoms with Gasteiger partial charge in [0.25, 0.3) is 0 Å². The zero-order valence-corrected chi connectivity index (χ0v) is 12.4. The molecule has 0 radical (unpaired) electrons. The summed E-state index contributed by atoms with van der Waals surface area (Å²) in [5.41, 5.74) is 0.894. The molecule has 2 rings (SSSR count). The van der Waals surface area contributed by atoms with Gasteiger partial charge < -0.3 is 4.74 Å². The molecule has 5 nitrogen and oxygen atoms in total. The van der Waals surface area contributed by atoms with Crippen LogP contribution in [-0.4, -0.2) is 14.4 Å². The molecule has 0 aliphatic heterocycles. The van der Waals surface area contributed by atoms with E-state index in [-0.39, 0.29) is 22.1 Å². The summed E-state index contributed by atoms with van der Waals surface area (Å²) in [6, 6.07) is 12.9. The van der Waals surface area contributed by atoms with Crippen molar-refractivity contribution in [1.29, 1.82) is 0 Å². The number of sulfonamides is 1. The SMILES string of the molecule is NS(=O)(=O)c1cc(C(=O)OCc2ccccc2)ccc1Cl. The number of halogens is 1. The van der Waals surface area contributed by atoms with Crippen molar-refractivity contribution >= 4 is 27.6 Å². The van der Waals surface area contributed by atoms with Gasteiger partial charge in [0.1, 0.15) is 11.5 Å². The smallest absolute Gasteiger partial charge is 0.338 e. The van der Waals surface area contributed by atoms with Crippen molar-refractivity contribution in [3.63, 3.8) is 0 Å². The molecule has 0 amide bonds. The molecule has 0 aliphatic carbocycles. The Morgan fingerprint density at radius 3 is 2.43 bits per heavy atom. The van der Waals surface area contributed by atoms with Gasteiger partial charge >= 0.3 is 5.97 Å². The Kier molecular flexibility index (Phi) is 4.62. The third-order valence-electron chi connectivity index (χ3n) is 2.69. The van der Waals surface area contributed by atoms with E-state index in [4.69, 9.17) is 21.5 Å². The minimum absolute atomic E-state index is 0.0443. The number of primary sulfonamides is 1. The van der Waals surface area contributed by atoms with Crippen LogP contribution in [0.3, 0.4) is 0 Å². The average Bonchev–Trinajstić information content (AvgIpc) is 2.45. The van der Waals surface area contributed by atoms with Crippen LogP contribution in [0.1, 0.15) is 15.9 Å². The highest BCUT2D eigenvalue weighted by Crippen LogP contribution is 2.22. The summed E-state index contributed by atoms with van der Waals surface area (Å²) in [5, 5.41) is 4.98. The zero-order valence-electron chi connectivity index (χ0n) is 10.8. The number of ether oxygens (including phenoxy) is 1. The van der Waals surface area contributed by atoms with Crippen molar-refractivity contribution < 1.29 is 17.9 Å². The number of nitrogens with two attached hydrogens (primary N) is 1. The van der Waals surface area contributed by atoms with E-state index in [2.05, 4.69) is 0 Å². The van der Waals surface area contributed by atoms with E-state index in [0.29, 0.717) is 0 Å². The van der Waals surface area contributed by atoms with Gasteiger partial charge in [-0.25, -0.2) is 18.4 Å². The Hall–Kier alpha value is -1.89. The maximum Gasteiger partial charge on any atom is 0.338 e. The van der Waals surface area contributed by atoms with E-state index in [1.165, 1.54) is 12.1 Å². The second-order valence-electron chi connectivity index (χ2n) is 4.25. The Morgan fingerprint density at radius 2 is 1.81 bits per heavy atom. The Bertz CT molecular complexity index is 760. The molecule has 0 fully saturated rings. The molecule has 0 spiro atoms. The van der Waals surface area contributed by atoms with Gasteiger partial charge in [-0.2, -0.15) is 0 Å².